The lowest BCUT2D eigenvalue weighted by Crippen LogP contribution is -2.39. The van der Waals surface area contributed by atoms with Crippen LogP contribution in [0, 0.1) is 12.8 Å². The van der Waals surface area contributed by atoms with Crippen molar-refractivity contribution < 1.29 is 19.1 Å². The molecule has 0 fully saturated rings. The standard InChI is InChI=1S/C21H23NO4/c1-14-9-7-8-12-18(14)20(19(15(2)23)16(3)24)22-21(25)26-13-17-10-5-4-6-11-17/h4-12,19-20H,13H2,1-3H3,(H,22,25)/t20-/m0/s1. The van der Waals surface area contributed by atoms with Crippen LogP contribution < -0.4 is 5.32 Å². The van der Waals surface area contributed by atoms with E-state index in [2.05, 4.69) is 5.32 Å². The number of aryl methyl sites for hydroxylation is 1. The fraction of sp³-hybridized carbons (Fsp3) is 0.286. The van der Waals surface area contributed by atoms with Gasteiger partial charge in [0.1, 0.15) is 24.1 Å². The number of ether oxygens (including phenoxy) is 1. The van der Waals surface area contributed by atoms with Gasteiger partial charge in [-0.15, -0.1) is 0 Å². The van der Waals surface area contributed by atoms with E-state index in [0.717, 1.165) is 16.7 Å². The first-order valence-electron chi connectivity index (χ1n) is 8.43. The van der Waals surface area contributed by atoms with Gasteiger partial charge in [-0.3, -0.25) is 9.59 Å². The molecule has 0 saturated carbocycles. The molecule has 0 saturated heterocycles. The number of hydrogen-bond acceptors (Lipinski definition) is 4. The Hall–Kier alpha value is -2.95. The van der Waals surface area contributed by atoms with E-state index in [9.17, 15) is 14.4 Å². The summed E-state index contributed by atoms with van der Waals surface area (Å²) in [5, 5.41) is 2.70. The average molecular weight is 353 g/mol. The lowest BCUT2D eigenvalue weighted by Gasteiger charge is -2.26. The summed E-state index contributed by atoms with van der Waals surface area (Å²) >= 11 is 0. The topological polar surface area (TPSA) is 72.5 Å². The van der Waals surface area contributed by atoms with Crippen molar-refractivity contribution in [3.8, 4) is 0 Å². The monoisotopic (exact) mass is 353 g/mol. The van der Waals surface area contributed by atoms with Gasteiger partial charge in [0.2, 0.25) is 0 Å². The number of carbonyl (C=O) groups excluding carboxylic acids is 3. The van der Waals surface area contributed by atoms with E-state index < -0.39 is 18.1 Å². The molecule has 2 aromatic rings. The van der Waals surface area contributed by atoms with Crippen molar-refractivity contribution in [1.29, 1.82) is 0 Å². The highest BCUT2D eigenvalue weighted by Gasteiger charge is 2.33. The lowest BCUT2D eigenvalue weighted by molar-refractivity contribution is -0.131. The Bertz CT molecular complexity index is 772. The zero-order valence-corrected chi connectivity index (χ0v) is 15.2. The molecule has 0 spiro atoms. The summed E-state index contributed by atoms with van der Waals surface area (Å²) in [6.07, 6.45) is -0.672. The minimum absolute atomic E-state index is 0.109. The number of nitrogens with one attached hydrogen (secondary N) is 1. The maximum absolute atomic E-state index is 12.3. The van der Waals surface area contributed by atoms with Gasteiger partial charge in [0.25, 0.3) is 0 Å². The molecule has 0 unspecified atom stereocenters. The number of rotatable bonds is 7. The Morgan fingerprint density at radius 3 is 2.08 bits per heavy atom. The van der Waals surface area contributed by atoms with Gasteiger partial charge in [-0.1, -0.05) is 54.6 Å². The molecule has 0 radical (unpaired) electrons. The zero-order chi connectivity index (χ0) is 19.1. The molecule has 0 aliphatic heterocycles. The number of benzene rings is 2. The number of Topliss-reactive ketones (excluding diaryl/α,β-unsaturated/α-hetero) is 2. The molecule has 0 aliphatic rings. The molecule has 0 heterocycles. The molecule has 5 heteroatoms. The molecule has 0 aromatic heterocycles. The van der Waals surface area contributed by atoms with Crippen molar-refractivity contribution in [3.05, 3.63) is 71.3 Å². The van der Waals surface area contributed by atoms with Gasteiger partial charge in [0, 0.05) is 0 Å². The third-order valence-electron chi connectivity index (χ3n) is 4.22. The smallest absolute Gasteiger partial charge is 0.407 e. The van der Waals surface area contributed by atoms with Crippen molar-refractivity contribution in [2.75, 3.05) is 0 Å². The highest BCUT2D eigenvalue weighted by atomic mass is 16.5. The maximum Gasteiger partial charge on any atom is 0.407 e. The first-order chi connectivity index (χ1) is 12.4. The summed E-state index contributed by atoms with van der Waals surface area (Å²) in [6, 6.07) is 15.9. The van der Waals surface area contributed by atoms with Crippen LogP contribution in [0.4, 0.5) is 4.79 Å². The van der Waals surface area contributed by atoms with Crippen molar-refractivity contribution in [2.24, 2.45) is 5.92 Å². The zero-order valence-electron chi connectivity index (χ0n) is 15.2. The Morgan fingerprint density at radius 2 is 1.50 bits per heavy atom. The summed E-state index contributed by atoms with van der Waals surface area (Å²) in [5.41, 5.74) is 2.46. The third kappa shape index (κ3) is 5.02. The van der Waals surface area contributed by atoms with Crippen molar-refractivity contribution in [3.63, 3.8) is 0 Å². The fourth-order valence-electron chi connectivity index (χ4n) is 2.92. The van der Waals surface area contributed by atoms with Gasteiger partial charge in [-0.25, -0.2) is 4.79 Å². The van der Waals surface area contributed by atoms with Crippen LogP contribution in [0.1, 0.15) is 36.6 Å². The number of carbonyl (C=O) groups is 3. The van der Waals surface area contributed by atoms with Crippen LogP contribution in [0.15, 0.2) is 54.6 Å². The van der Waals surface area contributed by atoms with Crippen molar-refractivity contribution >= 4 is 17.7 Å². The van der Waals surface area contributed by atoms with Crippen molar-refractivity contribution in [2.45, 2.75) is 33.4 Å². The maximum atomic E-state index is 12.3. The normalized spacial score (nSPS) is 11.7. The molecular weight excluding hydrogens is 330 g/mol. The first-order valence-corrected chi connectivity index (χ1v) is 8.43. The summed E-state index contributed by atoms with van der Waals surface area (Å²) in [5.74, 6) is -1.55. The van der Waals surface area contributed by atoms with Crippen LogP contribution in [-0.2, 0) is 20.9 Å². The quantitative estimate of drug-likeness (QED) is 0.769. The highest BCUT2D eigenvalue weighted by Crippen LogP contribution is 2.27. The lowest BCUT2D eigenvalue weighted by atomic mass is 9.85. The van der Waals surface area contributed by atoms with Gasteiger partial charge in [-0.2, -0.15) is 0 Å². The molecule has 0 bridgehead atoms. The van der Waals surface area contributed by atoms with E-state index in [-0.39, 0.29) is 18.2 Å². The predicted octanol–water partition coefficient (Wildman–Crippen LogP) is 3.76. The second-order valence-electron chi connectivity index (χ2n) is 6.24. The van der Waals surface area contributed by atoms with Gasteiger partial charge in [0.15, 0.2) is 0 Å². The largest absolute Gasteiger partial charge is 0.445 e. The fourth-order valence-corrected chi connectivity index (χ4v) is 2.92. The Morgan fingerprint density at radius 1 is 0.923 bits per heavy atom. The van der Waals surface area contributed by atoms with Crippen molar-refractivity contribution in [1.82, 2.24) is 5.32 Å². The molecule has 5 nitrogen and oxygen atoms in total. The minimum Gasteiger partial charge on any atom is -0.445 e. The Labute approximate surface area is 153 Å². The number of alkyl carbamates (subject to hydrolysis) is 1. The van der Waals surface area contributed by atoms with E-state index in [1.54, 1.807) is 6.07 Å². The van der Waals surface area contributed by atoms with Crippen LogP contribution in [-0.4, -0.2) is 17.7 Å². The second kappa shape index (κ2) is 8.94. The summed E-state index contributed by atoms with van der Waals surface area (Å²) in [6.45, 7) is 4.69. The van der Waals surface area contributed by atoms with Gasteiger partial charge in [0.05, 0.1) is 6.04 Å². The average Bonchev–Trinajstić information content (AvgIpc) is 2.60. The molecular formula is C21H23NO4. The van der Waals surface area contributed by atoms with E-state index in [4.69, 9.17) is 4.74 Å². The van der Waals surface area contributed by atoms with E-state index in [0.29, 0.717) is 0 Å². The van der Waals surface area contributed by atoms with E-state index in [1.165, 1.54) is 13.8 Å². The van der Waals surface area contributed by atoms with Crippen LogP contribution in [0.3, 0.4) is 0 Å². The minimum atomic E-state index is -0.958. The van der Waals surface area contributed by atoms with Gasteiger partial charge >= 0.3 is 6.09 Å². The molecule has 26 heavy (non-hydrogen) atoms. The first kappa shape index (κ1) is 19.4. The van der Waals surface area contributed by atoms with Crippen LogP contribution in [0.5, 0.6) is 0 Å². The van der Waals surface area contributed by atoms with E-state index >= 15 is 0 Å². The Kier molecular flexibility index (Phi) is 6.67. The molecule has 1 amide bonds. The summed E-state index contributed by atoms with van der Waals surface area (Å²) in [7, 11) is 0. The molecule has 136 valence electrons. The van der Waals surface area contributed by atoms with Crippen LogP contribution in [0.25, 0.3) is 0 Å². The van der Waals surface area contributed by atoms with Crippen LogP contribution >= 0.6 is 0 Å². The third-order valence-corrected chi connectivity index (χ3v) is 4.22. The van der Waals surface area contributed by atoms with Crippen LogP contribution in [0.2, 0.25) is 0 Å². The molecule has 0 aliphatic carbocycles. The highest BCUT2D eigenvalue weighted by molar-refractivity contribution is 6.01. The molecule has 1 N–H and O–H groups in total. The molecule has 1 atom stereocenters. The SMILES string of the molecule is CC(=O)C(C(C)=O)[C@@H](NC(=O)OCc1ccccc1)c1ccccc1C. The summed E-state index contributed by atoms with van der Waals surface area (Å²) in [4.78, 5) is 36.4. The molecule has 2 rings (SSSR count). The summed E-state index contributed by atoms with van der Waals surface area (Å²) < 4.78 is 5.26. The Balaban J connectivity index is 2.21. The van der Waals surface area contributed by atoms with Gasteiger partial charge < -0.3 is 10.1 Å². The molecule has 2 aromatic carbocycles. The second-order valence-corrected chi connectivity index (χ2v) is 6.24. The predicted molar refractivity (Wildman–Crippen MR) is 98.5 cm³/mol. The van der Waals surface area contributed by atoms with E-state index in [1.807, 2.05) is 55.5 Å². The number of hydrogen-bond donors (Lipinski definition) is 1. The number of amides is 1. The van der Waals surface area contributed by atoms with Gasteiger partial charge in [-0.05, 0) is 37.5 Å². The number of ketones is 2.